The van der Waals surface area contributed by atoms with Crippen LogP contribution >= 0.6 is 0 Å². The van der Waals surface area contributed by atoms with E-state index in [1.165, 1.54) is 17.8 Å². The SMILES string of the molecule is C=CCCOc1nc(NC)nc2c1ncn2C1OC(CO)[C@@H](O)[C@@]1(C)O. The summed E-state index contributed by atoms with van der Waals surface area (Å²) in [5.74, 6) is 0.599. The second-order valence-corrected chi connectivity index (χ2v) is 6.23. The molecule has 0 radical (unpaired) electrons. The van der Waals surface area contributed by atoms with Gasteiger partial charge in [0.2, 0.25) is 11.8 Å². The van der Waals surface area contributed by atoms with Gasteiger partial charge in [-0.15, -0.1) is 6.58 Å². The van der Waals surface area contributed by atoms with E-state index in [0.717, 1.165) is 0 Å². The van der Waals surface area contributed by atoms with Crippen molar-refractivity contribution in [1.82, 2.24) is 19.5 Å². The zero-order valence-electron chi connectivity index (χ0n) is 14.7. The summed E-state index contributed by atoms with van der Waals surface area (Å²) in [5.41, 5.74) is -0.876. The number of nitrogens with zero attached hydrogens (tertiary/aromatic N) is 4. The number of aromatic nitrogens is 4. The quantitative estimate of drug-likeness (QED) is 0.389. The molecular weight excluding hydrogens is 342 g/mol. The van der Waals surface area contributed by atoms with Gasteiger partial charge in [0.25, 0.3) is 0 Å². The van der Waals surface area contributed by atoms with Crippen molar-refractivity contribution in [3.63, 3.8) is 0 Å². The van der Waals surface area contributed by atoms with E-state index >= 15 is 0 Å². The Labute approximate surface area is 150 Å². The van der Waals surface area contributed by atoms with Crippen LogP contribution in [0.2, 0.25) is 0 Å². The van der Waals surface area contributed by atoms with Gasteiger partial charge in [0.05, 0.1) is 19.5 Å². The van der Waals surface area contributed by atoms with Crippen LogP contribution in [0, 0.1) is 0 Å². The molecule has 1 saturated heterocycles. The molecule has 0 aliphatic carbocycles. The molecule has 1 aliphatic heterocycles. The van der Waals surface area contributed by atoms with Crippen molar-refractivity contribution in [3.8, 4) is 5.88 Å². The minimum Gasteiger partial charge on any atom is -0.476 e. The average molecular weight is 365 g/mol. The van der Waals surface area contributed by atoms with E-state index in [1.807, 2.05) is 0 Å². The Morgan fingerprint density at radius 1 is 1.50 bits per heavy atom. The Balaban J connectivity index is 2.05. The maximum Gasteiger partial charge on any atom is 0.247 e. The van der Waals surface area contributed by atoms with E-state index in [-0.39, 0.29) is 5.88 Å². The molecule has 4 N–H and O–H groups in total. The van der Waals surface area contributed by atoms with E-state index in [0.29, 0.717) is 30.1 Å². The second kappa shape index (κ2) is 7.16. The standard InChI is InChI=1S/C16H23N5O5/c1-4-5-6-25-13-10-12(19-15(17-3)20-13)21(8-18-10)14-16(2,24)11(23)9(7-22)26-14/h4,8-9,11,14,22-24H,1,5-7H2,2-3H3,(H,17,19,20)/t9?,11-,14?,16-/m1/s1. The van der Waals surface area contributed by atoms with Gasteiger partial charge in [-0.2, -0.15) is 9.97 Å². The van der Waals surface area contributed by atoms with Gasteiger partial charge in [-0.05, 0) is 13.3 Å². The van der Waals surface area contributed by atoms with E-state index in [4.69, 9.17) is 9.47 Å². The lowest BCUT2D eigenvalue weighted by atomic mass is 9.96. The molecule has 2 aromatic rings. The van der Waals surface area contributed by atoms with Gasteiger partial charge in [-0.3, -0.25) is 4.57 Å². The lowest BCUT2D eigenvalue weighted by Gasteiger charge is -2.27. The van der Waals surface area contributed by atoms with Crippen LogP contribution in [0.3, 0.4) is 0 Å². The summed E-state index contributed by atoms with van der Waals surface area (Å²) in [6.45, 7) is 5.05. The topological polar surface area (TPSA) is 135 Å². The molecule has 10 nitrogen and oxygen atoms in total. The Morgan fingerprint density at radius 2 is 2.27 bits per heavy atom. The fourth-order valence-corrected chi connectivity index (χ4v) is 2.90. The highest BCUT2D eigenvalue weighted by molar-refractivity contribution is 5.78. The van der Waals surface area contributed by atoms with Crippen molar-refractivity contribution < 1.29 is 24.8 Å². The molecule has 1 fully saturated rings. The van der Waals surface area contributed by atoms with Gasteiger partial charge >= 0.3 is 0 Å². The van der Waals surface area contributed by atoms with Gasteiger partial charge in [-0.1, -0.05) is 6.08 Å². The van der Waals surface area contributed by atoms with Crippen LogP contribution in [-0.4, -0.2) is 72.9 Å². The molecular formula is C16H23N5O5. The van der Waals surface area contributed by atoms with Gasteiger partial charge < -0.3 is 30.1 Å². The number of nitrogens with one attached hydrogen (secondary N) is 1. The highest BCUT2D eigenvalue weighted by Crippen LogP contribution is 2.40. The van der Waals surface area contributed by atoms with Crippen molar-refractivity contribution in [2.24, 2.45) is 0 Å². The molecule has 0 aromatic carbocycles. The zero-order valence-corrected chi connectivity index (χ0v) is 14.7. The molecule has 2 unspecified atom stereocenters. The number of hydrogen-bond acceptors (Lipinski definition) is 9. The number of fused-ring (bicyclic) bond motifs is 1. The zero-order chi connectivity index (χ0) is 18.9. The van der Waals surface area contributed by atoms with Crippen LogP contribution in [0.25, 0.3) is 11.2 Å². The van der Waals surface area contributed by atoms with Crippen molar-refractivity contribution in [1.29, 1.82) is 0 Å². The Bertz CT molecular complexity index is 793. The molecule has 26 heavy (non-hydrogen) atoms. The number of hydrogen-bond donors (Lipinski definition) is 4. The van der Waals surface area contributed by atoms with Gasteiger partial charge in [-0.25, -0.2) is 4.98 Å². The summed E-state index contributed by atoms with van der Waals surface area (Å²) >= 11 is 0. The molecule has 0 spiro atoms. The van der Waals surface area contributed by atoms with E-state index in [2.05, 4.69) is 26.8 Å². The second-order valence-electron chi connectivity index (χ2n) is 6.23. The number of ether oxygens (including phenoxy) is 2. The van der Waals surface area contributed by atoms with Crippen LogP contribution < -0.4 is 10.1 Å². The van der Waals surface area contributed by atoms with E-state index in [9.17, 15) is 15.3 Å². The maximum absolute atomic E-state index is 10.7. The number of anilines is 1. The molecule has 4 atom stereocenters. The summed E-state index contributed by atoms with van der Waals surface area (Å²) in [5, 5.41) is 33.1. The van der Waals surface area contributed by atoms with Gasteiger partial charge in [0.1, 0.15) is 17.8 Å². The Hall–Kier alpha value is -2.27. The third-order valence-electron chi connectivity index (χ3n) is 4.36. The third-order valence-corrected chi connectivity index (χ3v) is 4.36. The summed E-state index contributed by atoms with van der Waals surface area (Å²) in [4.78, 5) is 12.9. The number of rotatable bonds is 7. The van der Waals surface area contributed by atoms with Gasteiger partial charge in [0, 0.05) is 7.05 Å². The van der Waals surface area contributed by atoms with Crippen LogP contribution in [0.1, 0.15) is 19.6 Å². The van der Waals surface area contributed by atoms with Crippen LogP contribution in [0.4, 0.5) is 5.95 Å². The van der Waals surface area contributed by atoms with Crippen molar-refractivity contribution in [2.45, 2.75) is 37.4 Å². The molecule has 0 bridgehead atoms. The number of imidazole rings is 1. The van der Waals surface area contributed by atoms with Crippen LogP contribution in [-0.2, 0) is 4.74 Å². The Kier molecular flexibility index (Phi) is 5.10. The van der Waals surface area contributed by atoms with E-state index in [1.54, 1.807) is 13.1 Å². The first-order valence-corrected chi connectivity index (χ1v) is 8.26. The van der Waals surface area contributed by atoms with Gasteiger partial charge in [0.15, 0.2) is 17.4 Å². The fourth-order valence-electron chi connectivity index (χ4n) is 2.90. The molecule has 2 aromatic heterocycles. The van der Waals surface area contributed by atoms with Crippen molar-refractivity contribution in [2.75, 3.05) is 25.6 Å². The first-order chi connectivity index (χ1) is 12.4. The average Bonchev–Trinajstić information content (AvgIpc) is 3.14. The summed E-state index contributed by atoms with van der Waals surface area (Å²) in [6.07, 6.45) is 0.651. The monoisotopic (exact) mass is 365 g/mol. The molecule has 142 valence electrons. The summed E-state index contributed by atoms with van der Waals surface area (Å²) < 4.78 is 12.8. The van der Waals surface area contributed by atoms with E-state index < -0.39 is 30.6 Å². The summed E-state index contributed by atoms with van der Waals surface area (Å²) in [6, 6.07) is 0. The van der Waals surface area contributed by atoms with Crippen LogP contribution in [0.5, 0.6) is 5.88 Å². The molecule has 0 amide bonds. The molecule has 10 heteroatoms. The predicted molar refractivity (Wildman–Crippen MR) is 92.8 cm³/mol. The number of aliphatic hydroxyl groups excluding tert-OH is 2. The maximum atomic E-state index is 10.7. The van der Waals surface area contributed by atoms with Crippen molar-refractivity contribution >= 4 is 17.1 Å². The lowest BCUT2D eigenvalue weighted by molar-refractivity contribution is -0.0950. The highest BCUT2D eigenvalue weighted by atomic mass is 16.6. The predicted octanol–water partition coefficient (Wildman–Crippen LogP) is -0.176. The normalized spacial score (nSPS) is 28.4. The smallest absolute Gasteiger partial charge is 0.247 e. The highest BCUT2D eigenvalue weighted by Gasteiger charge is 2.53. The third kappa shape index (κ3) is 3.01. The molecule has 1 aliphatic rings. The fraction of sp³-hybridized carbons (Fsp3) is 0.562. The van der Waals surface area contributed by atoms with Crippen LogP contribution in [0.15, 0.2) is 19.0 Å². The largest absolute Gasteiger partial charge is 0.476 e. The minimum absolute atomic E-state index is 0.289. The Morgan fingerprint density at radius 3 is 2.88 bits per heavy atom. The molecule has 0 saturated carbocycles. The first kappa shape index (κ1) is 18.5. The minimum atomic E-state index is -1.64. The number of aliphatic hydroxyl groups is 3. The lowest BCUT2D eigenvalue weighted by Crippen LogP contribution is -2.44. The molecule has 3 rings (SSSR count). The first-order valence-electron chi connectivity index (χ1n) is 8.26. The van der Waals surface area contributed by atoms with Crippen molar-refractivity contribution in [3.05, 3.63) is 19.0 Å². The molecule has 3 heterocycles. The summed E-state index contributed by atoms with van der Waals surface area (Å²) in [7, 11) is 1.67.